The van der Waals surface area contributed by atoms with Crippen molar-refractivity contribution < 1.29 is 9.53 Å². The van der Waals surface area contributed by atoms with Gasteiger partial charge in [0.2, 0.25) is 0 Å². The van der Waals surface area contributed by atoms with Crippen LogP contribution < -0.4 is 10.1 Å². The van der Waals surface area contributed by atoms with Crippen LogP contribution in [0.4, 0.5) is 0 Å². The zero-order valence-corrected chi connectivity index (χ0v) is 12.7. The summed E-state index contributed by atoms with van der Waals surface area (Å²) >= 11 is 0. The lowest BCUT2D eigenvalue weighted by atomic mass is 10.1. The number of unbranched alkanes of at least 4 members (excludes halogenated alkanes) is 1. The predicted octanol–water partition coefficient (Wildman–Crippen LogP) is 3.60. The quantitative estimate of drug-likeness (QED) is 0.425. The predicted molar refractivity (Wildman–Crippen MR) is 83.5 cm³/mol. The summed E-state index contributed by atoms with van der Waals surface area (Å²) in [7, 11) is 0. The van der Waals surface area contributed by atoms with Crippen LogP contribution in [0.3, 0.4) is 0 Å². The number of hydrogen-bond acceptors (Lipinski definition) is 3. The maximum atomic E-state index is 12.2. The van der Waals surface area contributed by atoms with Gasteiger partial charge in [-0.2, -0.15) is 0 Å². The third kappa shape index (κ3) is 5.57. The van der Waals surface area contributed by atoms with Gasteiger partial charge >= 0.3 is 0 Å². The van der Waals surface area contributed by atoms with E-state index in [1.165, 1.54) is 0 Å². The average Bonchev–Trinajstić information content (AvgIpc) is 2.45. The van der Waals surface area contributed by atoms with Gasteiger partial charge in [0.25, 0.3) is 0 Å². The molecule has 1 rings (SSSR count). The number of hydrogen-bond donors (Lipinski definition) is 1. The van der Waals surface area contributed by atoms with Crippen LogP contribution >= 0.6 is 0 Å². The van der Waals surface area contributed by atoms with Gasteiger partial charge in [-0.25, -0.2) is 0 Å². The van der Waals surface area contributed by atoms with E-state index >= 15 is 0 Å². The molecule has 1 aromatic rings. The molecular weight excluding hydrogens is 250 g/mol. The van der Waals surface area contributed by atoms with E-state index in [-0.39, 0.29) is 11.8 Å². The molecule has 0 aromatic heterocycles. The second kappa shape index (κ2) is 8.54. The van der Waals surface area contributed by atoms with Gasteiger partial charge in [-0.1, -0.05) is 19.9 Å². The molecule has 0 saturated heterocycles. The highest BCUT2D eigenvalue weighted by molar-refractivity contribution is 5.99. The Morgan fingerprint density at radius 3 is 2.55 bits per heavy atom. The Hall–Kier alpha value is -1.61. The van der Waals surface area contributed by atoms with Crippen LogP contribution in [-0.4, -0.2) is 25.0 Å². The lowest BCUT2D eigenvalue weighted by molar-refractivity contribution is 0.0951. The number of Topliss-reactive ketones (excluding diaryl/α,β-unsaturated/α-hetero) is 1. The molecule has 20 heavy (non-hydrogen) atoms. The Bertz CT molecular complexity index is 437. The van der Waals surface area contributed by atoms with Gasteiger partial charge in [0.1, 0.15) is 12.4 Å². The number of nitrogens with one attached hydrogen (secondary N) is 1. The summed E-state index contributed by atoms with van der Waals surface area (Å²) in [5.74, 6) is 0.878. The fraction of sp³-hybridized carbons (Fsp3) is 0.471. The van der Waals surface area contributed by atoms with Crippen LogP contribution in [0.15, 0.2) is 36.4 Å². The summed E-state index contributed by atoms with van der Waals surface area (Å²) in [6.07, 6.45) is 2.22. The van der Waals surface area contributed by atoms with Crippen molar-refractivity contribution in [2.45, 2.75) is 39.7 Å². The summed E-state index contributed by atoms with van der Waals surface area (Å²) < 4.78 is 5.52. The van der Waals surface area contributed by atoms with E-state index in [0.29, 0.717) is 12.2 Å². The van der Waals surface area contributed by atoms with Gasteiger partial charge in [-0.15, -0.1) is 0 Å². The van der Waals surface area contributed by atoms with Gasteiger partial charge in [-0.05, 0) is 56.7 Å². The Morgan fingerprint density at radius 1 is 1.35 bits per heavy atom. The molecule has 1 unspecified atom stereocenters. The van der Waals surface area contributed by atoms with Gasteiger partial charge in [0.15, 0.2) is 5.78 Å². The van der Waals surface area contributed by atoms with Crippen molar-refractivity contribution in [1.82, 2.24) is 5.32 Å². The maximum absolute atomic E-state index is 12.2. The summed E-state index contributed by atoms with van der Waals surface area (Å²) in [4.78, 5) is 12.2. The van der Waals surface area contributed by atoms with Gasteiger partial charge in [-0.3, -0.25) is 4.79 Å². The van der Waals surface area contributed by atoms with E-state index in [4.69, 9.17) is 4.74 Å². The number of ether oxygens (including phenoxy) is 1. The van der Waals surface area contributed by atoms with Crippen molar-refractivity contribution in [3.63, 3.8) is 0 Å². The lowest BCUT2D eigenvalue weighted by Crippen LogP contribution is -2.34. The first-order valence-corrected chi connectivity index (χ1v) is 7.19. The van der Waals surface area contributed by atoms with Crippen molar-refractivity contribution in [2.75, 3.05) is 13.2 Å². The molecule has 0 bridgehead atoms. The van der Waals surface area contributed by atoms with E-state index in [9.17, 15) is 4.79 Å². The van der Waals surface area contributed by atoms with Crippen LogP contribution in [0.2, 0.25) is 0 Å². The highest BCUT2D eigenvalue weighted by atomic mass is 16.5. The van der Waals surface area contributed by atoms with Crippen molar-refractivity contribution in [1.29, 1.82) is 0 Å². The largest absolute Gasteiger partial charge is 0.489 e. The Balaban J connectivity index is 2.54. The molecule has 0 aliphatic carbocycles. The van der Waals surface area contributed by atoms with E-state index < -0.39 is 0 Å². The molecule has 0 heterocycles. The van der Waals surface area contributed by atoms with Crippen LogP contribution in [0, 0.1) is 0 Å². The number of ketones is 1. The third-order valence-electron chi connectivity index (χ3n) is 3.00. The Kier molecular flexibility index (Phi) is 7.02. The van der Waals surface area contributed by atoms with E-state index in [0.717, 1.165) is 30.7 Å². The summed E-state index contributed by atoms with van der Waals surface area (Å²) in [6.45, 7) is 11.1. The molecule has 1 aromatic carbocycles. The molecule has 0 radical (unpaired) electrons. The first-order chi connectivity index (χ1) is 9.54. The summed E-state index contributed by atoms with van der Waals surface area (Å²) in [6, 6.07) is 7.13. The van der Waals surface area contributed by atoms with Crippen LogP contribution in [-0.2, 0) is 0 Å². The summed E-state index contributed by atoms with van der Waals surface area (Å²) in [5.41, 5.74) is 1.68. The van der Waals surface area contributed by atoms with E-state index in [1.54, 1.807) is 0 Å². The minimum atomic E-state index is -0.149. The first kappa shape index (κ1) is 16.4. The van der Waals surface area contributed by atoms with Crippen LogP contribution in [0.1, 0.15) is 44.0 Å². The van der Waals surface area contributed by atoms with Crippen LogP contribution in [0.5, 0.6) is 5.75 Å². The molecule has 110 valence electrons. The van der Waals surface area contributed by atoms with E-state index in [2.05, 4.69) is 18.8 Å². The number of rotatable bonds is 9. The molecule has 3 heteroatoms. The third-order valence-corrected chi connectivity index (χ3v) is 3.00. The average molecular weight is 275 g/mol. The van der Waals surface area contributed by atoms with Crippen molar-refractivity contribution in [3.05, 3.63) is 42.0 Å². The van der Waals surface area contributed by atoms with Gasteiger partial charge in [0, 0.05) is 5.56 Å². The molecule has 1 atom stereocenters. The monoisotopic (exact) mass is 275 g/mol. The molecule has 0 aliphatic rings. The normalized spacial score (nSPS) is 11.9. The molecule has 0 saturated carbocycles. The standard InChI is InChI=1S/C17H25NO2/c1-5-6-11-18-14(4)17(19)15-7-9-16(10-8-15)20-12-13(2)3/h7-10,14,18H,2,5-6,11-12H2,1,3-4H3. The minimum Gasteiger partial charge on any atom is -0.489 e. The number of carbonyl (C=O) groups excluding carboxylic acids is 1. The topological polar surface area (TPSA) is 38.3 Å². The SMILES string of the molecule is C=C(C)COc1ccc(C(=O)C(C)NCCCC)cc1. The molecule has 0 spiro atoms. The van der Waals surface area contributed by atoms with E-state index in [1.807, 2.05) is 38.1 Å². The highest BCUT2D eigenvalue weighted by Gasteiger charge is 2.14. The maximum Gasteiger partial charge on any atom is 0.179 e. The smallest absolute Gasteiger partial charge is 0.179 e. The molecule has 0 fully saturated rings. The second-order valence-corrected chi connectivity index (χ2v) is 5.16. The minimum absolute atomic E-state index is 0.118. The summed E-state index contributed by atoms with van der Waals surface area (Å²) in [5, 5.41) is 3.24. The van der Waals surface area contributed by atoms with Crippen molar-refractivity contribution in [2.24, 2.45) is 0 Å². The lowest BCUT2D eigenvalue weighted by Gasteiger charge is -2.13. The zero-order valence-electron chi connectivity index (χ0n) is 12.7. The molecule has 0 aliphatic heterocycles. The Morgan fingerprint density at radius 2 is 2.00 bits per heavy atom. The first-order valence-electron chi connectivity index (χ1n) is 7.19. The number of benzene rings is 1. The van der Waals surface area contributed by atoms with Crippen molar-refractivity contribution in [3.8, 4) is 5.75 Å². The second-order valence-electron chi connectivity index (χ2n) is 5.16. The molecular formula is C17H25NO2. The Labute approximate surface area is 122 Å². The van der Waals surface area contributed by atoms with Crippen molar-refractivity contribution >= 4 is 5.78 Å². The van der Waals surface area contributed by atoms with Gasteiger partial charge in [0.05, 0.1) is 6.04 Å². The molecule has 0 amide bonds. The molecule has 1 N–H and O–H groups in total. The fourth-order valence-corrected chi connectivity index (χ4v) is 1.76. The zero-order chi connectivity index (χ0) is 15.0. The number of carbonyl (C=O) groups is 1. The van der Waals surface area contributed by atoms with Crippen LogP contribution in [0.25, 0.3) is 0 Å². The highest BCUT2D eigenvalue weighted by Crippen LogP contribution is 2.14. The fourth-order valence-electron chi connectivity index (χ4n) is 1.76. The molecule has 3 nitrogen and oxygen atoms in total. The van der Waals surface area contributed by atoms with Gasteiger partial charge < -0.3 is 10.1 Å².